The fourth-order valence-electron chi connectivity index (χ4n) is 1.36. The summed E-state index contributed by atoms with van der Waals surface area (Å²) in [4.78, 5) is 0. The van der Waals surface area contributed by atoms with E-state index in [-0.39, 0.29) is 0 Å². The monoisotopic (exact) mass is 190 g/mol. The normalized spacial score (nSPS) is 11.4. The molecular formula is C10H23OP. The second-order valence-corrected chi connectivity index (χ2v) is 4.34. The van der Waals surface area contributed by atoms with Gasteiger partial charge >= 0.3 is 0 Å². The van der Waals surface area contributed by atoms with Crippen molar-refractivity contribution < 1.29 is 4.57 Å². The van der Waals surface area contributed by atoms with E-state index in [0.29, 0.717) is 0 Å². The van der Waals surface area contributed by atoms with Crippen LogP contribution in [0.4, 0.5) is 0 Å². The number of hydrogen-bond acceptors (Lipinski definition) is 1. The lowest BCUT2D eigenvalue weighted by Gasteiger charge is -1.98. The molecule has 1 unspecified atom stereocenters. The SMILES string of the molecule is CCCCCCCCCC[PH2]=O. The van der Waals surface area contributed by atoms with Crippen molar-refractivity contribution in [1.29, 1.82) is 0 Å². The van der Waals surface area contributed by atoms with Crippen molar-refractivity contribution in [3.8, 4) is 0 Å². The summed E-state index contributed by atoms with van der Waals surface area (Å²) in [6.45, 7) is 2.25. The van der Waals surface area contributed by atoms with Crippen LogP contribution in [0.5, 0.6) is 0 Å². The average Bonchev–Trinajstić information content (AvgIpc) is 2.10. The van der Waals surface area contributed by atoms with Gasteiger partial charge in [0.15, 0.2) is 0 Å². The maximum atomic E-state index is 10.2. The lowest BCUT2D eigenvalue weighted by atomic mass is 10.1. The molecule has 0 rings (SSSR count). The summed E-state index contributed by atoms with van der Waals surface area (Å²) >= 11 is 0. The fourth-order valence-corrected chi connectivity index (χ4v) is 1.82. The zero-order valence-electron chi connectivity index (χ0n) is 8.35. The number of unbranched alkanes of at least 4 members (excludes halogenated alkanes) is 7. The standard InChI is InChI=1S/C10H23OP/c1-2-3-4-5-6-7-8-9-10-12-11/h2-10,12H2,1H3. The van der Waals surface area contributed by atoms with Crippen LogP contribution in [0.2, 0.25) is 0 Å². The van der Waals surface area contributed by atoms with Crippen molar-refractivity contribution in [2.24, 2.45) is 0 Å². The van der Waals surface area contributed by atoms with Gasteiger partial charge in [0.2, 0.25) is 0 Å². The minimum atomic E-state index is -0.482. The Morgan fingerprint density at radius 2 is 1.33 bits per heavy atom. The molecule has 0 bridgehead atoms. The number of hydrogen-bond donors (Lipinski definition) is 0. The highest BCUT2D eigenvalue weighted by molar-refractivity contribution is 7.23. The Kier molecular flexibility index (Phi) is 11.4. The molecule has 1 nitrogen and oxygen atoms in total. The van der Waals surface area contributed by atoms with Gasteiger partial charge in [-0.2, -0.15) is 0 Å². The molecule has 0 fully saturated rings. The maximum absolute atomic E-state index is 10.2. The van der Waals surface area contributed by atoms with Gasteiger partial charge in [-0.15, -0.1) is 0 Å². The molecule has 0 heterocycles. The van der Waals surface area contributed by atoms with Gasteiger partial charge in [0.25, 0.3) is 0 Å². The molecule has 0 aliphatic rings. The Hall–Kier alpha value is 0.230. The molecule has 0 saturated heterocycles. The van der Waals surface area contributed by atoms with Crippen molar-refractivity contribution in [2.75, 3.05) is 6.16 Å². The molecular weight excluding hydrogens is 167 g/mol. The highest BCUT2D eigenvalue weighted by Crippen LogP contribution is 2.09. The van der Waals surface area contributed by atoms with E-state index in [0.717, 1.165) is 6.16 Å². The summed E-state index contributed by atoms with van der Waals surface area (Å²) < 4.78 is 10.2. The summed E-state index contributed by atoms with van der Waals surface area (Å²) in [5.41, 5.74) is 0. The van der Waals surface area contributed by atoms with Crippen molar-refractivity contribution in [1.82, 2.24) is 0 Å². The molecule has 0 aromatic rings. The summed E-state index contributed by atoms with van der Waals surface area (Å²) in [6.07, 6.45) is 11.7. The topological polar surface area (TPSA) is 17.1 Å². The van der Waals surface area contributed by atoms with Crippen LogP contribution in [0.25, 0.3) is 0 Å². The first kappa shape index (κ1) is 12.2. The molecule has 0 aliphatic heterocycles. The second-order valence-electron chi connectivity index (χ2n) is 3.43. The summed E-state index contributed by atoms with van der Waals surface area (Å²) in [5, 5.41) is 0. The van der Waals surface area contributed by atoms with Gasteiger partial charge in [-0.05, 0) is 12.6 Å². The molecule has 0 aromatic carbocycles. The van der Waals surface area contributed by atoms with E-state index in [1.165, 1.54) is 51.4 Å². The molecule has 0 aliphatic carbocycles. The first-order chi connectivity index (χ1) is 5.91. The molecule has 0 radical (unpaired) electrons. The van der Waals surface area contributed by atoms with Crippen molar-refractivity contribution in [3.05, 3.63) is 0 Å². The third kappa shape index (κ3) is 10.2. The number of rotatable bonds is 9. The van der Waals surface area contributed by atoms with Crippen LogP contribution in [0.1, 0.15) is 58.3 Å². The Balaban J connectivity index is 2.77. The summed E-state index contributed by atoms with van der Waals surface area (Å²) in [7, 11) is -0.482. The first-order valence-electron chi connectivity index (χ1n) is 5.35. The predicted octanol–water partition coefficient (Wildman–Crippen LogP) is 3.88. The third-order valence-electron chi connectivity index (χ3n) is 2.18. The minimum Gasteiger partial charge on any atom is -0.330 e. The van der Waals surface area contributed by atoms with Gasteiger partial charge in [0.05, 0.1) is 8.46 Å². The van der Waals surface area contributed by atoms with Crippen LogP contribution in [-0.4, -0.2) is 6.16 Å². The largest absolute Gasteiger partial charge is 0.330 e. The van der Waals surface area contributed by atoms with Gasteiger partial charge in [0, 0.05) is 0 Å². The van der Waals surface area contributed by atoms with E-state index in [9.17, 15) is 4.57 Å². The Morgan fingerprint density at radius 3 is 1.83 bits per heavy atom. The molecule has 0 N–H and O–H groups in total. The Morgan fingerprint density at radius 1 is 0.833 bits per heavy atom. The molecule has 0 spiro atoms. The zero-order chi connectivity index (χ0) is 9.07. The maximum Gasteiger partial charge on any atom is 0.0645 e. The highest BCUT2D eigenvalue weighted by atomic mass is 31.1. The predicted molar refractivity (Wildman–Crippen MR) is 57.9 cm³/mol. The first-order valence-corrected chi connectivity index (χ1v) is 6.64. The van der Waals surface area contributed by atoms with Gasteiger partial charge in [-0.1, -0.05) is 51.9 Å². The quantitative estimate of drug-likeness (QED) is 0.398. The van der Waals surface area contributed by atoms with E-state index >= 15 is 0 Å². The van der Waals surface area contributed by atoms with Gasteiger partial charge < -0.3 is 4.57 Å². The van der Waals surface area contributed by atoms with E-state index in [4.69, 9.17) is 0 Å². The molecule has 0 saturated carbocycles. The van der Waals surface area contributed by atoms with Crippen LogP contribution >= 0.6 is 8.46 Å². The van der Waals surface area contributed by atoms with Crippen molar-refractivity contribution >= 4 is 8.46 Å². The molecule has 0 amide bonds. The molecule has 1 atom stereocenters. The van der Waals surface area contributed by atoms with E-state index in [1.807, 2.05) is 0 Å². The minimum absolute atomic E-state index is 0.482. The highest BCUT2D eigenvalue weighted by Gasteiger charge is 1.89. The van der Waals surface area contributed by atoms with Crippen LogP contribution in [0.3, 0.4) is 0 Å². The van der Waals surface area contributed by atoms with E-state index in [1.54, 1.807) is 0 Å². The van der Waals surface area contributed by atoms with E-state index in [2.05, 4.69) is 6.92 Å². The molecule has 0 aromatic heterocycles. The Labute approximate surface area is 78.1 Å². The average molecular weight is 190 g/mol. The lowest BCUT2D eigenvalue weighted by Crippen LogP contribution is -1.80. The Bertz CT molecular complexity index is 93.8. The summed E-state index contributed by atoms with van der Waals surface area (Å²) in [5.74, 6) is 0. The van der Waals surface area contributed by atoms with Crippen molar-refractivity contribution in [3.63, 3.8) is 0 Å². The zero-order valence-corrected chi connectivity index (χ0v) is 9.50. The van der Waals surface area contributed by atoms with Gasteiger partial charge in [0.1, 0.15) is 0 Å². The summed E-state index contributed by atoms with van der Waals surface area (Å²) in [6, 6.07) is 0. The third-order valence-corrected chi connectivity index (χ3v) is 2.82. The fraction of sp³-hybridized carbons (Fsp3) is 1.00. The van der Waals surface area contributed by atoms with Crippen LogP contribution in [0.15, 0.2) is 0 Å². The van der Waals surface area contributed by atoms with Crippen molar-refractivity contribution in [2.45, 2.75) is 58.3 Å². The second kappa shape index (κ2) is 11.2. The lowest BCUT2D eigenvalue weighted by molar-refractivity contribution is 0.578. The van der Waals surface area contributed by atoms with Gasteiger partial charge in [-0.25, -0.2) is 0 Å². The smallest absolute Gasteiger partial charge is 0.0645 e. The van der Waals surface area contributed by atoms with Gasteiger partial charge in [-0.3, -0.25) is 0 Å². The van der Waals surface area contributed by atoms with Crippen LogP contribution < -0.4 is 0 Å². The molecule has 2 heteroatoms. The van der Waals surface area contributed by atoms with E-state index < -0.39 is 8.46 Å². The van der Waals surface area contributed by atoms with Crippen LogP contribution in [0, 0.1) is 0 Å². The van der Waals surface area contributed by atoms with Crippen LogP contribution in [-0.2, 0) is 4.57 Å². The molecule has 12 heavy (non-hydrogen) atoms. The molecule has 74 valence electrons.